The summed E-state index contributed by atoms with van der Waals surface area (Å²) in [6.07, 6.45) is 3.70. The van der Waals surface area contributed by atoms with Crippen LogP contribution in [0.2, 0.25) is 4.34 Å². The van der Waals surface area contributed by atoms with Crippen LogP contribution >= 0.6 is 38.9 Å². The summed E-state index contributed by atoms with van der Waals surface area (Å²) in [6, 6.07) is 11.4. The Morgan fingerprint density at radius 1 is 1.40 bits per heavy atom. The highest BCUT2D eigenvalue weighted by molar-refractivity contribution is 9.10. The van der Waals surface area contributed by atoms with E-state index in [0.29, 0.717) is 12.0 Å². The lowest BCUT2D eigenvalue weighted by Crippen LogP contribution is -2.26. The van der Waals surface area contributed by atoms with Crippen LogP contribution in [0, 0.1) is 0 Å². The number of hydrogen-bond donors (Lipinski definition) is 1. The molecule has 4 heteroatoms. The molecular formula is C16H17BrClNS. The average molecular weight is 371 g/mol. The van der Waals surface area contributed by atoms with E-state index in [0.717, 1.165) is 8.81 Å². The standard InChI is InChI=1S/C16H17BrClNS/c1-19-15(14-9-13(17)16(18)20-14)12-8-4-6-10-5-2-3-7-11(10)12/h2-3,5,7,9,12,15,19H,4,6,8H2,1H3. The molecule has 0 aliphatic heterocycles. The van der Waals surface area contributed by atoms with E-state index in [1.165, 1.54) is 35.3 Å². The molecule has 1 heterocycles. The van der Waals surface area contributed by atoms with Crippen LogP contribution in [0.1, 0.15) is 40.8 Å². The van der Waals surface area contributed by atoms with Gasteiger partial charge in [-0.3, -0.25) is 0 Å². The van der Waals surface area contributed by atoms with E-state index in [1.54, 1.807) is 11.3 Å². The molecule has 2 unspecified atom stereocenters. The molecule has 1 aliphatic rings. The lowest BCUT2D eigenvalue weighted by molar-refractivity contribution is 0.430. The predicted octanol–water partition coefficient (Wildman–Crippen LogP) is 5.54. The van der Waals surface area contributed by atoms with Gasteiger partial charge in [-0.05, 0) is 59.4 Å². The van der Waals surface area contributed by atoms with Crippen molar-refractivity contribution in [3.05, 3.63) is 55.1 Å². The van der Waals surface area contributed by atoms with Gasteiger partial charge in [0.15, 0.2) is 0 Å². The Morgan fingerprint density at radius 2 is 2.20 bits per heavy atom. The van der Waals surface area contributed by atoms with Crippen LogP contribution in [0.15, 0.2) is 34.8 Å². The average Bonchev–Trinajstić information content (AvgIpc) is 2.79. The number of halogens is 2. The van der Waals surface area contributed by atoms with Gasteiger partial charge in [0.05, 0.1) is 0 Å². The zero-order valence-corrected chi connectivity index (χ0v) is 14.5. The quantitative estimate of drug-likeness (QED) is 0.747. The summed E-state index contributed by atoms with van der Waals surface area (Å²) in [5, 5.41) is 3.50. The van der Waals surface area contributed by atoms with Gasteiger partial charge < -0.3 is 5.32 Å². The lowest BCUT2D eigenvalue weighted by atomic mass is 9.78. The predicted molar refractivity (Wildman–Crippen MR) is 91.0 cm³/mol. The summed E-state index contributed by atoms with van der Waals surface area (Å²) in [5.74, 6) is 0.534. The Balaban J connectivity index is 1.98. The van der Waals surface area contributed by atoms with E-state index in [1.807, 2.05) is 7.05 Å². The Bertz CT molecular complexity index is 591. The summed E-state index contributed by atoms with van der Waals surface area (Å²) in [4.78, 5) is 1.31. The molecule has 1 nitrogen and oxygen atoms in total. The molecule has 0 fully saturated rings. The third kappa shape index (κ3) is 2.69. The highest BCUT2D eigenvalue weighted by Gasteiger charge is 2.29. The zero-order chi connectivity index (χ0) is 14.1. The fraction of sp³-hybridized carbons (Fsp3) is 0.375. The zero-order valence-electron chi connectivity index (χ0n) is 11.3. The van der Waals surface area contributed by atoms with Crippen molar-refractivity contribution >= 4 is 38.9 Å². The summed E-state index contributed by atoms with van der Waals surface area (Å²) in [7, 11) is 2.05. The highest BCUT2D eigenvalue weighted by Crippen LogP contribution is 2.44. The lowest BCUT2D eigenvalue weighted by Gasteiger charge is -2.31. The Labute approximate surface area is 137 Å². The van der Waals surface area contributed by atoms with Gasteiger partial charge in [-0.1, -0.05) is 35.9 Å². The molecule has 3 rings (SSSR count). The fourth-order valence-electron chi connectivity index (χ4n) is 3.20. The number of fused-ring (bicyclic) bond motifs is 1. The third-order valence-corrected chi connectivity index (χ3v) is 6.66. The van der Waals surface area contributed by atoms with Crippen LogP contribution in [-0.4, -0.2) is 7.05 Å². The van der Waals surface area contributed by atoms with Crippen molar-refractivity contribution in [2.45, 2.75) is 31.2 Å². The van der Waals surface area contributed by atoms with Gasteiger partial charge in [-0.2, -0.15) is 0 Å². The van der Waals surface area contributed by atoms with Crippen molar-refractivity contribution in [2.24, 2.45) is 0 Å². The maximum absolute atomic E-state index is 6.21. The molecule has 0 radical (unpaired) electrons. The van der Waals surface area contributed by atoms with Crippen LogP contribution in [-0.2, 0) is 6.42 Å². The van der Waals surface area contributed by atoms with Gasteiger partial charge in [-0.25, -0.2) is 0 Å². The second-order valence-electron chi connectivity index (χ2n) is 5.23. The smallest absolute Gasteiger partial charge is 0.107 e. The van der Waals surface area contributed by atoms with E-state index in [4.69, 9.17) is 11.6 Å². The monoisotopic (exact) mass is 369 g/mol. The normalized spacial score (nSPS) is 19.6. The number of nitrogens with one attached hydrogen (secondary N) is 1. The summed E-state index contributed by atoms with van der Waals surface area (Å²) < 4.78 is 1.84. The van der Waals surface area contributed by atoms with Crippen LogP contribution in [0.5, 0.6) is 0 Å². The van der Waals surface area contributed by atoms with Crippen LogP contribution in [0.4, 0.5) is 0 Å². The van der Waals surface area contributed by atoms with E-state index < -0.39 is 0 Å². The number of rotatable bonds is 3. The summed E-state index contributed by atoms with van der Waals surface area (Å²) >= 11 is 11.4. The van der Waals surface area contributed by atoms with E-state index in [-0.39, 0.29) is 0 Å². The third-order valence-electron chi connectivity index (χ3n) is 4.10. The van der Waals surface area contributed by atoms with Crippen molar-refractivity contribution in [3.8, 4) is 0 Å². The first kappa shape index (κ1) is 14.6. The molecule has 1 aromatic carbocycles. The molecule has 0 bridgehead atoms. The number of benzene rings is 1. The molecule has 0 saturated heterocycles. The largest absolute Gasteiger partial charge is 0.312 e. The maximum Gasteiger partial charge on any atom is 0.107 e. The van der Waals surface area contributed by atoms with Crippen molar-refractivity contribution in [1.29, 1.82) is 0 Å². The van der Waals surface area contributed by atoms with E-state index in [9.17, 15) is 0 Å². The first-order valence-electron chi connectivity index (χ1n) is 6.90. The molecule has 1 aromatic heterocycles. The number of thiophene rings is 1. The number of aryl methyl sites for hydroxylation is 1. The molecule has 106 valence electrons. The first-order valence-corrected chi connectivity index (χ1v) is 8.89. The molecular weight excluding hydrogens is 354 g/mol. The highest BCUT2D eigenvalue weighted by atomic mass is 79.9. The fourth-order valence-corrected chi connectivity index (χ4v) is 5.11. The minimum atomic E-state index is 0.338. The minimum absolute atomic E-state index is 0.338. The Hall–Kier alpha value is -0.350. The minimum Gasteiger partial charge on any atom is -0.312 e. The van der Waals surface area contributed by atoms with Gasteiger partial charge in [0.1, 0.15) is 4.34 Å². The number of likely N-dealkylation sites (N-methyl/N-ethyl adjacent to an activating group) is 1. The van der Waals surface area contributed by atoms with Crippen LogP contribution < -0.4 is 5.32 Å². The van der Waals surface area contributed by atoms with Gasteiger partial charge in [0.25, 0.3) is 0 Å². The molecule has 20 heavy (non-hydrogen) atoms. The van der Waals surface area contributed by atoms with E-state index in [2.05, 4.69) is 51.6 Å². The van der Waals surface area contributed by atoms with Crippen molar-refractivity contribution in [2.75, 3.05) is 7.05 Å². The van der Waals surface area contributed by atoms with Crippen molar-refractivity contribution in [1.82, 2.24) is 5.32 Å². The molecule has 1 N–H and O–H groups in total. The molecule has 2 aromatic rings. The molecule has 0 spiro atoms. The molecule has 0 amide bonds. The summed E-state index contributed by atoms with van der Waals surface area (Å²) in [6.45, 7) is 0. The molecule has 0 saturated carbocycles. The van der Waals surface area contributed by atoms with E-state index >= 15 is 0 Å². The SMILES string of the molecule is CNC(c1cc(Br)c(Cl)s1)C1CCCc2ccccc21. The summed E-state index contributed by atoms with van der Waals surface area (Å²) in [5.41, 5.74) is 3.00. The van der Waals surface area contributed by atoms with Crippen molar-refractivity contribution < 1.29 is 0 Å². The Kier molecular flexibility index (Phi) is 4.51. The molecule has 2 atom stereocenters. The van der Waals surface area contributed by atoms with Gasteiger partial charge in [0.2, 0.25) is 0 Å². The molecule has 1 aliphatic carbocycles. The van der Waals surface area contributed by atoms with Crippen LogP contribution in [0.25, 0.3) is 0 Å². The maximum atomic E-state index is 6.21. The number of hydrogen-bond acceptors (Lipinski definition) is 2. The van der Waals surface area contributed by atoms with Gasteiger partial charge >= 0.3 is 0 Å². The second-order valence-corrected chi connectivity index (χ2v) is 7.77. The first-order chi connectivity index (χ1) is 9.70. The Morgan fingerprint density at radius 3 is 2.90 bits per heavy atom. The van der Waals surface area contributed by atoms with Gasteiger partial charge in [0, 0.05) is 21.3 Å². The second kappa shape index (κ2) is 6.18. The van der Waals surface area contributed by atoms with Crippen molar-refractivity contribution in [3.63, 3.8) is 0 Å². The topological polar surface area (TPSA) is 12.0 Å². The van der Waals surface area contributed by atoms with Gasteiger partial charge in [-0.15, -0.1) is 11.3 Å². The van der Waals surface area contributed by atoms with Crippen LogP contribution in [0.3, 0.4) is 0 Å².